The van der Waals surface area contributed by atoms with E-state index >= 15 is 0 Å². The summed E-state index contributed by atoms with van der Waals surface area (Å²) < 4.78 is 27.1. The van der Waals surface area contributed by atoms with Gasteiger partial charge in [0.25, 0.3) is 5.91 Å². The highest BCUT2D eigenvalue weighted by Crippen LogP contribution is 2.22. The molecule has 1 fully saturated rings. The van der Waals surface area contributed by atoms with Gasteiger partial charge in [0.05, 0.1) is 10.5 Å². The fourth-order valence-corrected chi connectivity index (χ4v) is 4.90. The van der Waals surface area contributed by atoms with Crippen molar-refractivity contribution in [3.63, 3.8) is 0 Å². The molecule has 0 unspecified atom stereocenters. The quantitative estimate of drug-likeness (QED) is 0.815. The van der Waals surface area contributed by atoms with Gasteiger partial charge in [-0.1, -0.05) is 29.3 Å². The van der Waals surface area contributed by atoms with Crippen LogP contribution in [0.5, 0.6) is 0 Å². The summed E-state index contributed by atoms with van der Waals surface area (Å²) in [6.07, 6.45) is 0. The number of aryl methyl sites for hydroxylation is 2. The lowest BCUT2D eigenvalue weighted by Crippen LogP contribution is -2.50. The van der Waals surface area contributed by atoms with E-state index in [1.807, 2.05) is 38.1 Å². The Morgan fingerprint density at radius 3 is 2.19 bits per heavy atom. The van der Waals surface area contributed by atoms with Crippen LogP contribution in [0.3, 0.4) is 0 Å². The second-order valence-electron chi connectivity index (χ2n) is 6.68. The van der Waals surface area contributed by atoms with Crippen LogP contribution in [-0.2, 0) is 10.0 Å². The minimum atomic E-state index is -3.76. The number of amides is 1. The van der Waals surface area contributed by atoms with Gasteiger partial charge in [-0.05, 0) is 38.1 Å². The van der Waals surface area contributed by atoms with Crippen LogP contribution >= 0.6 is 0 Å². The number of sulfonamides is 1. The van der Waals surface area contributed by atoms with E-state index in [0.29, 0.717) is 18.7 Å². The second-order valence-corrected chi connectivity index (χ2v) is 8.59. The molecule has 6 nitrogen and oxygen atoms in total. The van der Waals surface area contributed by atoms with Gasteiger partial charge < -0.3 is 4.90 Å². The SMILES string of the molecule is Cc1cc(C)cc(C(=O)N2CCN(S(=O)(=O)c3ccccc3C#N)CC2)c1. The van der Waals surface area contributed by atoms with E-state index in [0.717, 1.165) is 11.1 Å². The van der Waals surface area contributed by atoms with Gasteiger partial charge >= 0.3 is 0 Å². The van der Waals surface area contributed by atoms with Crippen molar-refractivity contribution >= 4 is 15.9 Å². The zero-order chi connectivity index (χ0) is 19.6. The zero-order valence-electron chi connectivity index (χ0n) is 15.3. The smallest absolute Gasteiger partial charge is 0.253 e. The summed E-state index contributed by atoms with van der Waals surface area (Å²) in [6, 6.07) is 13.8. The van der Waals surface area contributed by atoms with Gasteiger partial charge in [0.2, 0.25) is 10.0 Å². The number of nitrogens with zero attached hydrogens (tertiary/aromatic N) is 3. The van der Waals surface area contributed by atoms with E-state index in [4.69, 9.17) is 0 Å². The minimum Gasteiger partial charge on any atom is -0.336 e. The molecule has 1 aliphatic heterocycles. The molecule has 1 saturated heterocycles. The number of hydrogen-bond donors (Lipinski definition) is 0. The van der Waals surface area contributed by atoms with Crippen LogP contribution in [0.25, 0.3) is 0 Å². The monoisotopic (exact) mass is 383 g/mol. The number of piperazine rings is 1. The molecule has 1 amide bonds. The van der Waals surface area contributed by atoms with Crippen molar-refractivity contribution < 1.29 is 13.2 Å². The van der Waals surface area contributed by atoms with Crippen LogP contribution in [0.2, 0.25) is 0 Å². The van der Waals surface area contributed by atoms with Crippen molar-refractivity contribution in [2.24, 2.45) is 0 Å². The molecule has 0 radical (unpaired) electrons. The average Bonchev–Trinajstić information content (AvgIpc) is 2.66. The predicted molar refractivity (Wildman–Crippen MR) is 102 cm³/mol. The molecule has 1 heterocycles. The molecule has 2 aromatic rings. The molecule has 140 valence electrons. The first kappa shape index (κ1) is 19.1. The standard InChI is InChI=1S/C20H21N3O3S/c1-15-11-16(2)13-18(12-15)20(24)22-7-9-23(10-8-22)27(25,26)19-6-4-3-5-17(19)14-21/h3-6,11-13H,7-10H2,1-2H3. The number of carbonyl (C=O) groups excluding carboxylic acids is 1. The van der Waals surface area contributed by atoms with E-state index in [9.17, 15) is 18.5 Å². The van der Waals surface area contributed by atoms with Crippen molar-refractivity contribution in [1.82, 2.24) is 9.21 Å². The van der Waals surface area contributed by atoms with Crippen molar-refractivity contribution in [3.8, 4) is 6.07 Å². The summed E-state index contributed by atoms with van der Waals surface area (Å²) in [5.74, 6) is -0.0868. The topological polar surface area (TPSA) is 81.5 Å². The van der Waals surface area contributed by atoms with Crippen molar-refractivity contribution in [1.29, 1.82) is 5.26 Å². The molecule has 2 aromatic carbocycles. The Morgan fingerprint density at radius 1 is 1.00 bits per heavy atom. The Bertz CT molecular complexity index is 997. The molecule has 27 heavy (non-hydrogen) atoms. The lowest BCUT2D eigenvalue weighted by atomic mass is 10.1. The van der Waals surface area contributed by atoms with Crippen LogP contribution in [-0.4, -0.2) is 49.7 Å². The second kappa shape index (κ2) is 7.51. The highest BCUT2D eigenvalue weighted by Gasteiger charge is 2.31. The molecule has 1 aliphatic rings. The number of carbonyl (C=O) groups is 1. The number of nitriles is 1. The maximum Gasteiger partial charge on any atom is 0.253 e. The first-order valence-corrected chi connectivity index (χ1v) is 10.1. The van der Waals surface area contributed by atoms with Crippen molar-refractivity contribution in [2.75, 3.05) is 26.2 Å². The molecule has 0 N–H and O–H groups in total. The number of rotatable bonds is 3. The molecule has 0 spiro atoms. The normalized spacial score (nSPS) is 15.4. The van der Waals surface area contributed by atoms with Gasteiger partial charge in [-0.2, -0.15) is 9.57 Å². The fraction of sp³-hybridized carbons (Fsp3) is 0.300. The maximum atomic E-state index is 12.9. The van der Waals surface area contributed by atoms with E-state index in [2.05, 4.69) is 0 Å². The zero-order valence-corrected chi connectivity index (χ0v) is 16.2. The molecule has 0 saturated carbocycles. The lowest BCUT2D eigenvalue weighted by molar-refractivity contribution is 0.0697. The largest absolute Gasteiger partial charge is 0.336 e. The van der Waals surface area contributed by atoms with Crippen LogP contribution in [0.4, 0.5) is 0 Å². The van der Waals surface area contributed by atoms with Crippen molar-refractivity contribution in [3.05, 3.63) is 64.7 Å². The Morgan fingerprint density at radius 2 is 1.59 bits per heavy atom. The molecule has 0 aromatic heterocycles. The van der Waals surface area contributed by atoms with Crippen LogP contribution in [0.1, 0.15) is 27.0 Å². The van der Waals surface area contributed by atoms with Crippen LogP contribution in [0, 0.1) is 25.2 Å². The summed E-state index contributed by atoms with van der Waals surface area (Å²) >= 11 is 0. The van der Waals surface area contributed by atoms with Gasteiger partial charge in [0, 0.05) is 31.7 Å². The van der Waals surface area contributed by atoms with Gasteiger partial charge in [0.1, 0.15) is 6.07 Å². The van der Waals surface area contributed by atoms with E-state index in [-0.39, 0.29) is 29.5 Å². The van der Waals surface area contributed by atoms with Gasteiger partial charge in [-0.25, -0.2) is 8.42 Å². The average molecular weight is 383 g/mol. The molecule has 0 atom stereocenters. The molecule has 0 aliphatic carbocycles. The summed E-state index contributed by atoms with van der Waals surface area (Å²) in [5, 5.41) is 9.18. The predicted octanol–water partition coefficient (Wildman–Crippen LogP) is 2.32. The first-order valence-electron chi connectivity index (χ1n) is 8.70. The first-order chi connectivity index (χ1) is 12.8. The van der Waals surface area contributed by atoms with Gasteiger partial charge in [-0.15, -0.1) is 0 Å². The Kier molecular flexibility index (Phi) is 5.31. The van der Waals surface area contributed by atoms with Gasteiger partial charge in [0.15, 0.2) is 0 Å². The third-order valence-corrected chi connectivity index (χ3v) is 6.58. The third kappa shape index (κ3) is 3.87. The fourth-order valence-electron chi connectivity index (χ4n) is 3.34. The molecule has 7 heteroatoms. The third-order valence-electron chi connectivity index (χ3n) is 4.62. The maximum absolute atomic E-state index is 12.9. The highest BCUT2D eigenvalue weighted by molar-refractivity contribution is 7.89. The lowest BCUT2D eigenvalue weighted by Gasteiger charge is -2.34. The summed E-state index contributed by atoms with van der Waals surface area (Å²) in [4.78, 5) is 14.4. The summed E-state index contributed by atoms with van der Waals surface area (Å²) in [6.45, 7) is 4.94. The Balaban J connectivity index is 1.75. The molecule has 0 bridgehead atoms. The number of benzene rings is 2. The van der Waals surface area contributed by atoms with E-state index in [1.54, 1.807) is 17.0 Å². The molecule has 3 rings (SSSR count). The molecular weight excluding hydrogens is 362 g/mol. The van der Waals surface area contributed by atoms with Crippen molar-refractivity contribution in [2.45, 2.75) is 18.7 Å². The summed E-state index contributed by atoms with van der Waals surface area (Å²) in [5.41, 5.74) is 2.80. The minimum absolute atomic E-state index is 0.0154. The Hall–Kier alpha value is -2.69. The van der Waals surface area contributed by atoms with Crippen LogP contribution < -0.4 is 0 Å². The van der Waals surface area contributed by atoms with E-state index < -0.39 is 10.0 Å². The van der Waals surface area contributed by atoms with Gasteiger partial charge in [-0.3, -0.25) is 4.79 Å². The van der Waals surface area contributed by atoms with Crippen LogP contribution in [0.15, 0.2) is 47.4 Å². The highest BCUT2D eigenvalue weighted by atomic mass is 32.2. The number of hydrogen-bond acceptors (Lipinski definition) is 4. The summed E-state index contributed by atoms with van der Waals surface area (Å²) in [7, 11) is -3.76. The van der Waals surface area contributed by atoms with E-state index in [1.165, 1.54) is 16.4 Å². The Labute approximate surface area is 159 Å². The molecular formula is C20H21N3O3S.